The van der Waals surface area contributed by atoms with Crippen LogP contribution in [0.3, 0.4) is 0 Å². The minimum atomic E-state index is -0.366. The lowest BCUT2D eigenvalue weighted by molar-refractivity contribution is -0.115. The van der Waals surface area contributed by atoms with Crippen LogP contribution in [0.4, 0.5) is 5.69 Å². The average molecular weight is 322 g/mol. The first kappa shape index (κ1) is 15.4. The molecule has 0 saturated heterocycles. The van der Waals surface area contributed by atoms with Crippen molar-refractivity contribution in [3.8, 4) is 6.07 Å². The smallest absolute Gasteiger partial charge is 0.237 e. The predicted molar refractivity (Wildman–Crippen MR) is 81.2 cm³/mol. The highest BCUT2D eigenvalue weighted by atomic mass is 35.5. The van der Waals surface area contributed by atoms with Crippen molar-refractivity contribution in [1.82, 2.24) is 15.2 Å². The van der Waals surface area contributed by atoms with Crippen LogP contribution >= 0.6 is 23.4 Å². The minimum Gasteiger partial charge on any atom is -0.325 e. The Labute approximate surface area is 130 Å². The molecule has 8 heteroatoms. The number of anilines is 1. The van der Waals surface area contributed by atoms with Crippen LogP contribution in [0, 0.1) is 18.3 Å². The van der Waals surface area contributed by atoms with E-state index >= 15 is 0 Å². The minimum absolute atomic E-state index is 0.191. The zero-order valence-electron chi connectivity index (χ0n) is 11.3. The van der Waals surface area contributed by atoms with Gasteiger partial charge in [-0.2, -0.15) is 5.26 Å². The Hall–Kier alpha value is -2.04. The van der Waals surface area contributed by atoms with E-state index in [1.54, 1.807) is 32.0 Å². The standard InChI is InChI=1S/C13H12ClN5OS/c1-7(21-13-16-8(2)18-19-13)12(20)17-10-4-3-9(6-15)11(14)5-10/h3-5,7H,1-2H3,(H,17,20)(H,16,18,19)/t7-/m0/s1. The molecule has 0 spiro atoms. The van der Waals surface area contributed by atoms with Gasteiger partial charge in [0, 0.05) is 5.69 Å². The average Bonchev–Trinajstić information content (AvgIpc) is 2.84. The highest BCUT2D eigenvalue weighted by molar-refractivity contribution is 8.00. The third-order valence-electron chi connectivity index (χ3n) is 2.59. The third-order valence-corrected chi connectivity index (χ3v) is 3.86. The molecule has 1 heterocycles. The van der Waals surface area contributed by atoms with Crippen LogP contribution in [-0.4, -0.2) is 26.3 Å². The van der Waals surface area contributed by atoms with Gasteiger partial charge in [0.2, 0.25) is 11.1 Å². The number of hydrogen-bond acceptors (Lipinski definition) is 5. The van der Waals surface area contributed by atoms with Crippen molar-refractivity contribution in [2.24, 2.45) is 0 Å². The van der Waals surface area contributed by atoms with Gasteiger partial charge >= 0.3 is 0 Å². The highest BCUT2D eigenvalue weighted by Gasteiger charge is 2.17. The van der Waals surface area contributed by atoms with Crippen LogP contribution in [0.1, 0.15) is 18.3 Å². The highest BCUT2D eigenvalue weighted by Crippen LogP contribution is 2.23. The van der Waals surface area contributed by atoms with Crippen molar-refractivity contribution in [2.75, 3.05) is 5.32 Å². The molecule has 2 N–H and O–H groups in total. The summed E-state index contributed by atoms with van der Waals surface area (Å²) in [5.41, 5.74) is 0.913. The first-order chi connectivity index (χ1) is 9.99. The molecule has 0 saturated carbocycles. The summed E-state index contributed by atoms with van der Waals surface area (Å²) in [4.78, 5) is 16.2. The van der Waals surface area contributed by atoms with E-state index in [4.69, 9.17) is 16.9 Å². The molecular weight excluding hydrogens is 310 g/mol. The molecule has 6 nitrogen and oxygen atoms in total. The van der Waals surface area contributed by atoms with E-state index in [-0.39, 0.29) is 11.2 Å². The largest absolute Gasteiger partial charge is 0.325 e. The number of aromatic nitrogens is 3. The van der Waals surface area contributed by atoms with Crippen molar-refractivity contribution in [2.45, 2.75) is 24.3 Å². The van der Waals surface area contributed by atoms with Crippen molar-refractivity contribution < 1.29 is 4.79 Å². The molecule has 0 aliphatic heterocycles. The van der Waals surface area contributed by atoms with Crippen LogP contribution in [0.2, 0.25) is 5.02 Å². The molecule has 0 aliphatic carbocycles. The number of aromatic amines is 1. The second-order valence-corrected chi connectivity index (χ2v) is 5.97. The number of rotatable bonds is 4. The normalized spacial score (nSPS) is 11.7. The molecule has 2 aromatic rings. The maximum atomic E-state index is 12.1. The molecule has 0 radical (unpaired) electrons. The van der Waals surface area contributed by atoms with Crippen molar-refractivity contribution in [3.63, 3.8) is 0 Å². The number of nitrogens with one attached hydrogen (secondary N) is 2. The summed E-state index contributed by atoms with van der Waals surface area (Å²) in [7, 11) is 0. The van der Waals surface area contributed by atoms with Gasteiger partial charge in [-0.25, -0.2) is 4.98 Å². The van der Waals surface area contributed by atoms with Gasteiger partial charge in [0.15, 0.2) is 0 Å². The number of nitriles is 1. The topological polar surface area (TPSA) is 94.5 Å². The van der Waals surface area contributed by atoms with Crippen molar-refractivity contribution >= 4 is 35.0 Å². The zero-order chi connectivity index (χ0) is 15.4. The van der Waals surface area contributed by atoms with E-state index in [0.29, 0.717) is 27.3 Å². The van der Waals surface area contributed by atoms with E-state index < -0.39 is 0 Å². The molecule has 108 valence electrons. The summed E-state index contributed by atoms with van der Waals surface area (Å²) in [6.07, 6.45) is 0. The van der Waals surface area contributed by atoms with E-state index in [1.807, 2.05) is 6.07 Å². The second kappa shape index (κ2) is 6.61. The van der Waals surface area contributed by atoms with E-state index in [2.05, 4.69) is 20.5 Å². The van der Waals surface area contributed by atoms with Crippen molar-refractivity contribution in [1.29, 1.82) is 5.26 Å². The molecule has 1 atom stereocenters. The molecule has 0 aliphatic rings. The number of carbonyl (C=O) groups is 1. The van der Waals surface area contributed by atoms with Gasteiger partial charge in [-0.3, -0.25) is 9.89 Å². The summed E-state index contributed by atoms with van der Waals surface area (Å²) in [6.45, 7) is 3.55. The van der Waals surface area contributed by atoms with Gasteiger partial charge in [0.25, 0.3) is 0 Å². The predicted octanol–water partition coefficient (Wildman–Crippen LogP) is 2.76. The van der Waals surface area contributed by atoms with Gasteiger partial charge in [0.1, 0.15) is 11.9 Å². The Kier molecular flexibility index (Phi) is 4.83. The Morgan fingerprint density at radius 1 is 1.57 bits per heavy atom. The fraction of sp³-hybridized carbons (Fsp3) is 0.231. The number of halogens is 1. The maximum Gasteiger partial charge on any atom is 0.237 e. The van der Waals surface area contributed by atoms with E-state index in [9.17, 15) is 4.79 Å². The lowest BCUT2D eigenvalue weighted by Gasteiger charge is -2.10. The first-order valence-corrected chi connectivity index (χ1v) is 7.31. The van der Waals surface area contributed by atoms with Gasteiger partial charge < -0.3 is 5.32 Å². The number of H-pyrrole nitrogens is 1. The number of benzene rings is 1. The van der Waals surface area contributed by atoms with Crippen LogP contribution in [0.5, 0.6) is 0 Å². The van der Waals surface area contributed by atoms with Gasteiger partial charge in [-0.15, -0.1) is 5.10 Å². The molecule has 1 amide bonds. The number of carbonyl (C=O) groups excluding carboxylic acids is 1. The Morgan fingerprint density at radius 3 is 2.90 bits per heavy atom. The Balaban J connectivity index is 2.00. The van der Waals surface area contributed by atoms with Crippen molar-refractivity contribution in [3.05, 3.63) is 34.6 Å². The first-order valence-electron chi connectivity index (χ1n) is 6.06. The number of hydrogen-bond donors (Lipinski definition) is 2. The Bertz CT molecular complexity index is 709. The van der Waals surface area contributed by atoms with Crippen LogP contribution in [-0.2, 0) is 4.79 Å². The number of aryl methyl sites for hydroxylation is 1. The fourth-order valence-electron chi connectivity index (χ4n) is 1.51. The summed E-state index contributed by atoms with van der Waals surface area (Å²) in [5, 5.41) is 18.7. The van der Waals surface area contributed by atoms with Crippen LogP contribution < -0.4 is 5.32 Å². The second-order valence-electron chi connectivity index (χ2n) is 4.26. The lowest BCUT2D eigenvalue weighted by atomic mass is 10.2. The number of thioether (sulfide) groups is 1. The van der Waals surface area contributed by atoms with Crippen LogP contribution in [0.15, 0.2) is 23.4 Å². The summed E-state index contributed by atoms with van der Waals surface area (Å²) >= 11 is 7.17. The van der Waals surface area contributed by atoms with Gasteiger partial charge in [-0.05, 0) is 32.0 Å². The fourth-order valence-corrected chi connectivity index (χ4v) is 2.51. The third kappa shape index (κ3) is 3.97. The summed E-state index contributed by atoms with van der Waals surface area (Å²) in [6, 6.07) is 6.71. The quantitative estimate of drug-likeness (QED) is 0.844. The van der Waals surface area contributed by atoms with E-state index in [0.717, 1.165) is 0 Å². The van der Waals surface area contributed by atoms with Gasteiger partial charge in [0.05, 0.1) is 15.8 Å². The molecule has 0 bridgehead atoms. The van der Waals surface area contributed by atoms with E-state index in [1.165, 1.54) is 11.8 Å². The summed E-state index contributed by atoms with van der Waals surface area (Å²) < 4.78 is 0. The maximum absolute atomic E-state index is 12.1. The molecule has 0 fully saturated rings. The van der Waals surface area contributed by atoms with Gasteiger partial charge in [-0.1, -0.05) is 23.4 Å². The molecule has 1 aromatic heterocycles. The molecular formula is C13H12ClN5OS. The molecule has 2 rings (SSSR count). The monoisotopic (exact) mass is 321 g/mol. The molecule has 1 aromatic carbocycles. The molecule has 0 unspecified atom stereocenters. The number of amides is 1. The molecule has 21 heavy (non-hydrogen) atoms. The van der Waals surface area contributed by atoms with Crippen LogP contribution in [0.25, 0.3) is 0 Å². The SMILES string of the molecule is Cc1nc(S[C@@H](C)C(=O)Nc2ccc(C#N)c(Cl)c2)n[nH]1. The Morgan fingerprint density at radius 2 is 2.33 bits per heavy atom. The number of nitrogens with zero attached hydrogens (tertiary/aromatic N) is 3. The summed E-state index contributed by atoms with van der Waals surface area (Å²) in [5.74, 6) is 0.507. The zero-order valence-corrected chi connectivity index (χ0v) is 12.9. The lowest BCUT2D eigenvalue weighted by Crippen LogP contribution is -2.22.